The second-order valence-corrected chi connectivity index (χ2v) is 11.1. The Morgan fingerprint density at radius 1 is 1.00 bits per heavy atom. The number of aryl methyl sites for hydroxylation is 2. The number of nitrogens with zero attached hydrogens (tertiary/aromatic N) is 1. The first-order valence-electron chi connectivity index (χ1n) is 12.5. The van der Waals surface area contributed by atoms with Crippen LogP contribution in [0.5, 0.6) is 0 Å². The van der Waals surface area contributed by atoms with E-state index in [-0.39, 0.29) is 18.5 Å². The maximum absolute atomic E-state index is 13.6. The highest BCUT2D eigenvalue weighted by Gasteiger charge is 2.34. The average Bonchev–Trinajstić information content (AvgIpc) is 3.11. The average molecular weight is 494 g/mol. The van der Waals surface area contributed by atoms with Gasteiger partial charge in [0.25, 0.3) is 0 Å². The van der Waals surface area contributed by atoms with Gasteiger partial charge in [0.15, 0.2) is 0 Å². The fourth-order valence-electron chi connectivity index (χ4n) is 4.62. The Balaban J connectivity index is 2.45. The summed E-state index contributed by atoms with van der Waals surface area (Å²) in [6.45, 7) is 17.1. The highest BCUT2D eigenvalue weighted by molar-refractivity contribution is 6.01. The summed E-state index contributed by atoms with van der Waals surface area (Å²) < 4.78 is 12.8. The number of hydrogen-bond donors (Lipinski definition) is 1. The molecule has 0 spiro atoms. The molecule has 36 heavy (non-hydrogen) atoms. The van der Waals surface area contributed by atoms with Crippen molar-refractivity contribution in [3.05, 3.63) is 58.7 Å². The number of carbonyl (C=O) groups is 2. The summed E-state index contributed by atoms with van der Waals surface area (Å²) in [7, 11) is 0. The molecule has 6 heteroatoms. The molecule has 0 saturated carbocycles. The van der Waals surface area contributed by atoms with Gasteiger partial charge in [-0.25, -0.2) is 9.36 Å². The van der Waals surface area contributed by atoms with Crippen LogP contribution in [0.2, 0.25) is 0 Å². The number of fused-ring (bicyclic) bond motifs is 1. The highest BCUT2D eigenvalue weighted by atomic mass is 16.6. The first-order valence-corrected chi connectivity index (χ1v) is 12.5. The zero-order chi connectivity index (χ0) is 27.0. The minimum absolute atomic E-state index is 0.100. The third-order valence-corrected chi connectivity index (χ3v) is 6.35. The van der Waals surface area contributed by atoms with Crippen molar-refractivity contribution in [2.24, 2.45) is 0 Å². The fraction of sp³-hybridized carbons (Fsp3) is 0.467. The molecular weight excluding hydrogens is 454 g/mol. The maximum Gasteiger partial charge on any atom is 0.419 e. The molecule has 0 radical (unpaired) electrons. The van der Waals surface area contributed by atoms with E-state index in [0.29, 0.717) is 17.8 Å². The predicted octanol–water partition coefficient (Wildman–Crippen LogP) is 6.64. The molecule has 1 N–H and O–H groups in total. The Bertz CT molecular complexity index is 1270. The maximum atomic E-state index is 13.6. The van der Waals surface area contributed by atoms with Gasteiger partial charge >= 0.3 is 12.1 Å². The number of hydrogen-bond acceptors (Lipinski definition) is 5. The van der Waals surface area contributed by atoms with Crippen molar-refractivity contribution in [1.29, 1.82) is 0 Å². The van der Waals surface area contributed by atoms with E-state index in [0.717, 1.165) is 33.2 Å². The molecule has 1 aromatic heterocycles. The second kappa shape index (κ2) is 10.1. The topological polar surface area (TPSA) is 77.8 Å². The third kappa shape index (κ3) is 5.34. The molecule has 0 unspecified atom stereocenters. The van der Waals surface area contributed by atoms with E-state index in [2.05, 4.69) is 6.07 Å². The fourth-order valence-corrected chi connectivity index (χ4v) is 4.62. The molecule has 0 fully saturated rings. The zero-order valence-corrected chi connectivity index (χ0v) is 23.0. The van der Waals surface area contributed by atoms with Crippen LogP contribution in [0.1, 0.15) is 76.6 Å². The first kappa shape index (κ1) is 27.5. The summed E-state index contributed by atoms with van der Waals surface area (Å²) in [5.41, 5.74) is 4.39. The van der Waals surface area contributed by atoms with Gasteiger partial charge in [-0.2, -0.15) is 0 Å². The summed E-state index contributed by atoms with van der Waals surface area (Å²) in [6, 6.07) is 11.8. The van der Waals surface area contributed by atoms with Gasteiger partial charge in [0.1, 0.15) is 5.60 Å². The molecule has 0 aliphatic carbocycles. The standard InChI is InChI=1S/C30H39NO5/c1-10-35-27(33)30(8,9)22-11-12-24-23(16-22)25(20(4)17-32)26(21-14-18(2)13-19(3)15-21)31(24)28(34)36-29(5,6)7/h11-16,20,32H,10,17H2,1-9H3/t20-/m1/s1. The van der Waals surface area contributed by atoms with E-state index >= 15 is 0 Å². The molecule has 0 aliphatic heterocycles. The van der Waals surface area contributed by atoms with Crippen LogP contribution in [0.15, 0.2) is 36.4 Å². The van der Waals surface area contributed by atoms with Gasteiger partial charge in [-0.3, -0.25) is 4.79 Å². The van der Waals surface area contributed by atoms with Crippen LogP contribution >= 0.6 is 0 Å². The summed E-state index contributed by atoms with van der Waals surface area (Å²) in [5.74, 6) is -0.588. The number of esters is 1. The Kier molecular flexibility index (Phi) is 7.70. The number of ether oxygens (including phenoxy) is 2. The lowest BCUT2D eigenvalue weighted by Gasteiger charge is -2.23. The van der Waals surface area contributed by atoms with Crippen molar-refractivity contribution < 1.29 is 24.2 Å². The highest BCUT2D eigenvalue weighted by Crippen LogP contribution is 2.41. The lowest BCUT2D eigenvalue weighted by Crippen LogP contribution is -2.31. The lowest BCUT2D eigenvalue weighted by molar-refractivity contribution is -0.148. The Morgan fingerprint density at radius 2 is 1.61 bits per heavy atom. The quantitative estimate of drug-likeness (QED) is 0.389. The van der Waals surface area contributed by atoms with Crippen LogP contribution in [0.3, 0.4) is 0 Å². The molecule has 2 aromatic carbocycles. The predicted molar refractivity (Wildman–Crippen MR) is 144 cm³/mol. The van der Waals surface area contributed by atoms with Gasteiger partial charge < -0.3 is 14.6 Å². The molecule has 0 saturated heterocycles. The number of aliphatic hydroxyl groups is 1. The monoisotopic (exact) mass is 493 g/mol. The minimum Gasteiger partial charge on any atom is -0.465 e. The normalized spacial score (nSPS) is 13.1. The first-order chi connectivity index (χ1) is 16.7. The second-order valence-electron chi connectivity index (χ2n) is 11.1. The van der Waals surface area contributed by atoms with Gasteiger partial charge in [-0.1, -0.05) is 30.2 Å². The van der Waals surface area contributed by atoms with Crippen LogP contribution < -0.4 is 0 Å². The van der Waals surface area contributed by atoms with E-state index in [1.165, 1.54) is 0 Å². The van der Waals surface area contributed by atoms with E-state index in [1.54, 1.807) is 11.5 Å². The van der Waals surface area contributed by atoms with Gasteiger partial charge in [0.05, 0.1) is 23.2 Å². The van der Waals surface area contributed by atoms with Gasteiger partial charge in [0.2, 0.25) is 0 Å². The largest absolute Gasteiger partial charge is 0.465 e. The smallest absolute Gasteiger partial charge is 0.419 e. The summed E-state index contributed by atoms with van der Waals surface area (Å²) in [4.78, 5) is 26.4. The minimum atomic E-state index is -0.891. The van der Waals surface area contributed by atoms with Crippen molar-refractivity contribution in [2.45, 2.75) is 79.2 Å². The molecule has 0 aliphatic rings. The van der Waals surface area contributed by atoms with Crippen LogP contribution in [0.4, 0.5) is 4.79 Å². The number of carbonyl (C=O) groups excluding carboxylic acids is 2. The van der Waals surface area contributed by atoms with Crippen LogP contribution in [0, 0.1) is 13.8 Å². The lowest BCUT2D eigenvalue weighted by atomic mass is 9.83. The van der Waals surface area contributed by atoms with Crippen LogP contribution in [0.25, 0.3) is 22.2 Å². The molecule has 0 bridgehead atoms. The summed E-state index contributed by atoms with van der Waals surface area (Å²) >= 11 is 0. The molecule has 6 nitrogen and oxygen atoms in total. The van der Waals surface area contributed by atoms with E-state index in [9.17, 15) is 14.7 Å². The van der Waals surface area contributed by atoms with Crippen LogP contribution in [-0.2, 0) is 19.7 Å². The molecule has 1 heterocycles. The summed E-state index contributed by atoms with van der Waals surface area (Å²) in [6.07, 6.45) is -0.490. The SMILES string of the molecule is CCOC(=O)C(C)(C)c1ccc2c(c1)c([C@H](C)CO)c(-c1cc(C)cc(C)c1)n2C(=O)OC(C)(C)C. The molecule has 0 amide bonds. The summed E-state index contributed by atoms with van der Waals surface area (Å²) in [5, 5.41) is 11.0. The Morgan fingerprint density at radius 3 is 2.14 bits per heavy atom. The Labute approximate surface area is 214 Å². The third-order valence-electron chi connectivity index (χ3n) is 6.35. The van der Waals surface area contributed by atoms with Crippen molar-refractivity contribution in [3.8, 4) is 11.3 Å². The van der Waals surface area contributed by atoms with Gasteiger partial charge in [-0.15, -0.1) is 0 Å². The Hall–Kier alpha value is -3.12. The molecule has 3 rings (SSSR count). The zero-order valence-electron chi connectivity index (χ0n) is 23.0. The van der Waals surface area contributed by atoms with Crippen molar-refractivity contribution in [2.75, 3.05) is 13.2 Å². The molecule has 194 valence electrons. The van der Waals surface area contributed by atoms with E-state index in [1.807, 2.05) is 85.7 Å². The van der Waals surface area contributed by atoms with Gasteiger partial charge in [0, 0.05) is 17.9 Å². The number of aromatic nitrogens is 1. The number of rotatable bonds is 6. The number of aliphatic hydroxyl groups excluding tert-OH is 1. The molecule has 1 atom stereocenters. The number of benzene rings is 2. The van der Waals surface area contributed by atoms with Crippen LogP contribution in [-0.4, -0.2) is 40.6 Å². The molecular formula is C30H39NO5. The van der Waals surface area contributed by atoms with E-state index < -0.39 is 17.1 Å². The van der Waals surface area contributed by atoms with Crippen molar-refractivity contribution in [1.82, 2.24) is 4.57 Å². The van der Waals surface area contributed by atoms with E-state index in [4.69, 9.17) is 9.47 Å². The van der Waals surface area contributed by atoms with Crippen molar-refractivity contribution in [3.63, 3.8) is 0 Å². The van der Waals surface area contributed by atoms with Crippen molar-refractivity contribution >= 4 is 23.0 Å². The molecule has 3 aromatic rings. The van der Waals surface area contributed by atoms with Gasteiger partial charge in [-0.05, 0) is 96.3 Å².